The zero-order valence-electron chi connectivity index (χ0n) is 9.83. The van der Waals surface area contributed by atoms with Gasteiger partial charge in [-0.25, -0.2) is 4.79 Å². The number of carbonyl (C=O) groups is 2. The molecular formula is C10H18O5. The van der Waals surface area contributed by atoms with E-state index in [1.54, 1.807) is 34.6 Å². The molecule has 0 heterocycles. The highest BCUT2D eigenvalue weighted by molar-refractivity contribution is 5.71. The minimum absolute atomic E-state index is 0.243. The predicted octanol–water partition coefficient (Wildman–Crippen LogP) is 2.09. The summed E-state index contributed by atoms with van der Waals surface area (Å²) in [6.45, 7) is 8.12. The Balaban J connectivity index is 3.70. The summed E-state index contributed by atoms with van der Waals surface area (Å²) >= 11 is 0. The maximum absolute atomic E-state index is 11.0. The molecule has 0 aromatic heterocycles. The Hall–Kier alpha value is -1.26. The summed E-state index contributed by atoms with van der Waals surface area (Å²) in [5.41, 5.74) is -0.612. The first kappa shape index (κ1) is 13.7. The van der Waals surface area contributed by atoms with Gasteiger partial charge in [0, 0.05) is 0 Å². The zero-order chi connectivity index (χ0) is 12.1. The van der Waals surface area contributed by atoms with Crippen molar-refractivity contribution in [1.29, 1.82) is 0 Å². The monoisotopic (exact) mass is 218 g/mol. The number of ether oxygens (including phenoxy) is 3. The highest BCUT2D eigenvalue weighted by Gasteiger charge is 2.18. The summed E-state index contributed by atoms with van der Waals surface area (Å²) in [4.78, 5) is 21.9. The Labute approximate surface area is 89.7 Å². The van der Waals surface area contributed by atoms with Gasteiger partial charge in [-0.3, -0.25) is 4.79 Å². The molecule has 0 rings (SSSR count). The zero-order valence-corrected chi connectivity index (χ0v) is 9.83. The van der Waals surface area contributed by atoms with Crippen LogP contribution >= 0.6 is 0 Å². The lowest BCUT2D eigenvalue weighted by molar-refractivity contribution is -0.157. The minimum Gasteiger partial charge on any atom is -0.428 e. The fraction of sp³-hybridized carbons (Fsp3) is 0.800. The standard InChI is InChI=1S/C10H18O5/c1-7(2)8(11)13-6-14-9(12)15-10(3,4)5/h7H,6H2,1-5H3. The van der Waals surface area contributed by atoms with Crippen molar-refractivity contribution < 1.29 is 23.8 Å². The Morgan fingerprint density at radius 2 is 1.67 bits per heavy atom. The average Bonchev–Trinajstić information content (AvgIpc) is 2.00. The first-order valence-corrected chi connectivity index (χ1v) is 4.75. The number of rotatable bonds is 3. The lowest BCUT2D eigenvalue weighted by Crippen LogP contribution is -2.25. The molecule has 5 nitrogen and oxygen atoms in total. The van der Waals surface area contributed by atoms with Crippen LogP contribution in [0.3, 0.4) is 0 Å². The summed E-state index contributed by atoms with van der Waals surface area (Å²) in [5, 5.41) is 0. The van der Waals surface area contributed by atoms with Crippen LogP contribution < -0.4 is 0 Å². The van der Waals surface area contributed by atoms with Crippen LogP contribution in [0.5, 0.6) is 0 Å². The summed E-state index contributed by atoms with van der Waals surface area (Å²) in [6, 6.07) is 0. The average molecular weight is 218 g/mol. The summed E-state index contributed by atoms with van der Waals surface area (Å²) in [7, 11) is 0. The molecule has 0 bridgehead atoms. The Morgan fingerprint density at radius 3 is 2.07 bits per heavy atom. The van der Waals surface area contributed by atoms with Gasteiger partial charge in [0.05, 0.1) is 5.92 Å². The van der Waals surface area contributed by atoms with Crippen molar-refractivity contribution in [3.8, 4) is 0 Å². The van der Waals surface area contributed by atoms with Gasteiger partial charge in [-0.15, -0.1) is 0 Å². The highest BCUT2D eigenvalue weighted by Crippen LogP contribution is 2.08. The number of hydrogen-bond donors (Lipinski definition) is 0. The van der Waals surface area contributed by atoms with Crippen molar-refractivity contribution in [2.45, 2.75) is 40.2 Å². The van der Waals surface area contributed by atoms with Crippen molar-refractivity contribution in [2.24, 2.45) is 5.92 Å². The Kier molecular flexibility index (Phi) is 5.11. The maximum atomic E-state index is 11.0. The van der Waals surface area contributed by atoms with Crippen LogP contribution in [0.2, 0.25) is 0 Å². The van der Waals surface area contributed by atoms with Crippen molar-refractivity contribution in [3.05, 3.63) is 0 Å². The quantitative estimate of drug-likeness (QED) is 0.536. The van der Waals surface area contributed by atoms with Gasteiger partial charge < -0.3 is 14.2 Å². The SMILES string of the molecule is CC(C)C(=O)OCOC(=O)OC(C)(C)C. The largest absolute Gasteiger partial charge is 0.511 e. The van der Waals surface area contributed by atoms with E-state index in [1.165, 1.54) is 0 Å². The fourth-order valence-corrected chi connectivity index (χ4v) is 0.582. The topological polar surface area (TPSA) is 61.8 Å². The molecule has 0 aliphatic heterocycles. The lowest BCUT2D eigenvalue weighted by atomic mass is 10.2. The number of hydrogen-bond acceptors (Lipinski definition) is 5. The van der Waals surface area contributed by atoms with E-state index in [2.05, 4.69) is 9.47 Å². The van der Waals surface area contributed by atoms with Crippen LogP contribution in [0, 0.1) is 5.92 Å². The Bertz CT molecular complexity index is 226. The normalized spacial score (nSPS) is 11.1. The van der Waals surface area contributed by atoms with E-state index in [1.807, 2.05) is 0 Å². The molecule has 0 atom stereocenters. The molecule has 0 fully saturated rings. The molecule has 0 saturated heterocycles. The second-order valence-electron chi connectivity index (χ2n) is 4.34. The van der Waals surface area contributed by atoms with Crippen LogP contribution in [-0.4, -0.2) is 24.5 Å². The van der Waals surface area contributed by atoms with E-state index < -0.39 is 24.5 Å². The first-order valence-electron chi connectivity index (χ1n) is 4.75. The molecular weight excluding hydrogens is 200 g/mol. The van der Waals surface area contributed by atoms with E-state index in [0.29, 0.717) is 0 Å². The minimum atomic E-state index is -0.848. The third-order valence-electron chi connectivity index (χ3n) is 1.24. The van der Waals surface area contributed by atoms with Crippen LogP contribution in [0.4, 0.5) is 4.79 Å². The van der Waals surface area contributed by atoms with Gasteiger partial charge in [0.2, 0.25) is 6.79 Å². The predicted molar refractivity (Wildman–Crippen MR) is 53.1 cm³/mol. The van der Waals surface area contributed by atoms with E-state index >= 15 is 0 Å². The second kappa shape index (κ2) is 5.58. The molecule has 0 N–H and O–H groups in total. The molecule has 0 aliphatic rings. The fourth-order valence-electron chi connectivity index (χ4n) is 0.582. The van der Waals surface area contributed by atoms with Crippen LogP contribution in [0.25, 0.3) is 0 Å². The third-order valence-corrected chi connectivity index (χ3v) is 1.24. The Morgan fingerprint density at radius 1 is 1.13 bits per heavy atom. The molecule has 15 heavy (non-hydrogen) atoms. The maximum Gasteiger partial charge on any atom is 0.511 e. The van der Waals surface area contributed by atoms with E-state index in [4.69, 9.17) is 4.74 Å². The molecule has 0 aromatic carbocycles. The molecule has 0 aliphatic carbocycles. The molecule has 0 spiro atoms. The molecule has 0 amide bonds. The molecule has 0 saturated carbocycles. The van der Waals surface area contributed by atoms with Gasteiger partial charge in [-0.2, -0.15) is 0 Å². The smallest absolute Gasteiger partial charge is 0.428 e. The van der Waals surface area contributed by atoms with Crippen LogP contribution in [0.1, 0.15) is 34.6 Å². The summed E-state index contributed by atoms with van der Waals surface area (Å²) < 4.78 is 14.0. The van der Waals surface area contributed by atoms with Crippen molar-refractivity contribution >= 4 is 12.1 Å². The van der Waals surface area contributed by atoms with E-state index in [9.17, 15) is 9.59 Å². The molecule has 88 valence electrons. The van der Waals surface area contributed by atoms with Crippen LogP contribution in [0.15, 0.2) is 0 Å². The molecule has 0 unspecified atom stereocenters. The summed E-state index contributed by atoms with van der Waals surface area (Å²) in [6.07, 6.45) is -0.848. The molecule has 5 heteroatoms. The molecule has 0 radical (unpaired) electrons. The summed E-state index contributed by atoms with van der Waals surface area (Å²) in [5.74, 6) is -0.661. The lowest BCUT2D eigenvalue weighted by Gasteiger charge is -2.18. The number of carbonyl (C=O) groups excluding carboxylic acids is 2. The highest BCUT2D eigenvalue weighted by atomic mass is 16.8. The van der Waals surface area contributed by atoms with E-state index in [-0.39, 0.29) is 5.92 Å². The van der Waals surface area contributed by atoms with Gasteiger partial charge in [-0.1, -0.05) is 13.8 Å². The van der Waals surface area contributed by atoms with Gasteiger partial charge in [-0.05, 0) is 20.8 Å². The van der Waals surface area contributed by atoms with Crippen molar-refractivity contribution in [2.75, 3.05) is 6.79 Å². The third kappa shape index (κ3) is 7.78. The van der Waals surface area contributed by atoms with Gasteiger partial charge in [0.15, 0.2) is 0 Å². The van der Waals surface area contributed by atoms with Gasteiger partial charge in [0.25, 0.3) is 0 Å². The van der Waals surface area contributed by atoms with Gasteiger partial charge >= 0.3 is 12.1 Å². The number of esters is 1. The van der Waals surface area contributed by atoms with Crippen LogP contribution in [-0.2, 0) is 19.0 Å². The van der Waals surface area contributed by atoms with Crippen molar-refractivity contribution in [3.63, 3.8) is 0 Å². The van der Waals surface area contributed by atoms with E-state index in [0.717, 1.165) is 0 Å². The first-order chi connectivity index (χ1) is 6.72. The van der Waals surface area contributed by atoms with Crippen molar-refractivity contribution in [1.82, 2.24) is 0 Å². The second-order valence-corrected chi connectivity index (χ2v) is 4.34. The van der Waals surface area contributed by atoms with Gasteiger partial charge in [0.1, 0.15) is 5.60 Å². The molecule has 0 aromatic rings.